The van der Waals surface area contributed by atoms with Crippen LogP contribution < -0.4 is 0 Å². The summed E-state index contributed by atoms with van der Waals surface area (Å²) in [6.07, 6.45) is 0. The van der Waals surface area contributed by atoms with E-state index in [0.717, 1.165) is 43.1 Å². The Bertz CT molecular complexity index is 1660. The quantitative estimate of drug-likeness (QED) is 0.237. The second-order valence-corrected chi connectivity index (χ2v) is 9.21. The van der Waals surface area contributed by atoms with Crippen LogP contribution in [0.2, 0.25) is 0 Å². The molecule has 1 aromatic heterocycles. The number of benzene rings is 5. The Kier molecular flexibility index (Phi) is 5.65. The summed E-state index contributed by atoms with van der Waals surface area (Å²) in [6.45, 7) is 0. The summed E-state index contributed by atoms with van der Waals surface area (Å²) in [5.41, 5.74) is 5.14. The van der Waals surface area contributed by atoms with Crippen LogP contribution in [0.4, 0.5) is 0 Å². The van der Waals surface area contributed by atoms with Crippen LogP contribution in [0, 0.1) is 0 Å². The second kappa shape index (κ2) is 9.24. The number of nitrogens with zero attached hydrogens (tertiary/aromatic N) is 3. The molecule has 35 heavy (non-hydrogen) atoms. The molecular weight excluding hydrogens is 494 g/mol. The molecule has 0 unspecified atom stereocenters. The van der Waals surface area contributed by atoms with E-state index in [1.807, 2.05) is 54.6 Å². The summed E-state index contributed by atoms with van der Waals surface area (Å²) < 4.78 is 1.05. The Labute approximate surface area is 212 Å². The number of fused-ring (bicyclic) bond motifs is 1. The lowest BCUT2D eigenvalue weighted by Gasteiger charge is -2.11. The van der Waals surface area contributed by atoms with Crippen molar-refractivity contribution < 1.29 is 0 Å². The van der Waals surface area contributed by atoms with Gasteiger partial charge in [-0.15, -0.1) is 0 Å². The SMILES string of the molecule is Brc1cccc(-c2cccc(-c3nc(-c4ccccc4)nc(-c4cccc5ccccc45)n3)c2)c1. The summed E-state index contributed by atoms with van der Waals surface area (Å²) >= 11 is 3.58. The maximum absolute atomic E-state index is 4.97. The number of hydrogen-bond acceptors (Lipinski definition) is 3. The minimum atomic E-state index is 0.652. The lowest BCUT2D eigenvalue weighted by Crippen LogP contribution is -2.00. The van der Waals surface area contributed by atoms with Gasteiger partial charge in [0.15, 0.2) is 17.5 Å². The highest BCUT2D eigenvalue weighted by Crippen LogP contribution is 2.31. The van der Waals surface area contributed by atoms with Crippen LogP contribution in [0.15, 0.2) is 126 Å². The van der Waals surface area contributed by atoms with Crippen molar-refractivity contribution in [1.29, 1.82) is 0 Å². The molecule has 4 heteroatoms. The van der Waals surface area contributed by atoms with E-state index in [-0.39, 0.29) is 0 Å². The zero-order chi connectivity index (χ0) is 23.6. The lowest BCUT2D eigenvalue weighted by molar-refractivity contribution is 1.08. The van der Waals surface area contributed by atoms with E-state index in [9.17, 15) is 0 Å². The number of hydrogen-bond donors (Lipinski definition) is 0. The monoisotopic (exact) mass is 513 g/mol. The number of rotatable bonds is 4. The smallest absolute Gasteiger partial charge is 0.164 e. The lowest BCUT2D eigenvalue weighted by atomic mass is 10.0. The highest BCUT2D eigenvalue weighted by Gasteiger charge is 2.14. The van der Waals surface area contributed by atoms with Crippen LogP contribution in [0.1, 0.15) is 0 Å². The van der Waals surface area contributed by atoms with Crippen LogP contribution in [-0.4, -0.2) is 15.0 Å². The average molecular weight is 514 g/mol. The van der Waals surface area contributed by atoms with Crippen LogP contribution >= 0.6 is 15.9 Å². The molecule has 0 amide bonds. The Morgan fingerprint density at radius 2 is 1.00 bits per heavy atom. The molecule has 0 fully saturated rings. The van der Waals surface area contributed by atoms with Gasteiger partial charge in [0, 0.05) is 21.2 Å². The van der Waals surface area contributed by atoms with E-state index in [4.69, 9.17) is 15.0 Å². The molecule has 0 aliphatic heterocycles. The molecule has 0 aliphatic carbocycles. The van der Waals surface area contributed by atoms with Gasteiger partial charge in [-0.1, -0.05) is 119 Å². The Morgan fingerprint density at radius 3 is 1.83 bits per heavy atom. The van der Waals surface area contributed by atoms with E-state index in [1.54, 1.807) is 0 Å². The topological polar surface area (TPSA) is 38.7 Å². The van der Waals surface area contributed by atoms with Crippen molar-refractivity contribution in [2.75, 3.05) is 0 Å². The molecule has 6 rings (SSSR count). The fraction of sp³-hybridized carbons (Fsp3) is 0. The molecule has 0 radical (unpaired) electrons. The van der Waals surface area contributed by atoms with Gasteiger partial charge >= 0.3 is 0 Å². The third-order valence-corrected chi connectivity index (χ3v) is 6.47. The zero-order valence-corrected chi connectivity index (χ0v) is 20.4. The van der Waals surface area contributed by atoms with Gasteiger partial charge in [0.2, 0.25) is 0 Å². The van der Waals surface area contributed by atoms with E-state index >= 15 is 0 Å². The van der Waals surface area contributed by atoms with Crippen molar-refractivity contribution in [3.8, 4) is 45.3 Å². The summed E-state index contributed by atoms with van der Waals surface area (Å²) in [5, 5.41) is 2.28. The third-order valence-electron chi connectivity index (χ3n) is 5.98. The first-order valence-electron chi connectivity index (χ1n) is 11.4. The van der Waals surface area contributed by atoms with Crippen molar-refractivity contribution in [3.05, 3.63) is 126 Å². The van der Waals surface area contributed by atoms with Crippen molar-refractivity contribution in [3.63, 3.8) is 0 Å². The van der Waals surface area contributed by atoms with E-state index < -0.39 is 0 Å². The third kappa shape index (κ3) is 4.36. The van der Waals surface area contributed by atoms with E-state index in [0.29, 0.717) is 17.5 Å². The van der Waals surface area contributed by atoms with Crippen molar-refractivity contribution >= 4 is 26.7 Å². The first-order valence-corrected chi connectivity index (χ1v) is 12.2. The molecule has 0 saturated carbocycles. The average Bonchev–Trinajstić information content (AvgIpc) is 2.93. The molecule has 1 heterocycles. The second-order valence-electron chi connectivity index (χ2n) is 8.29. The Balaban J connectivity index is 1.56. The number of halogens is 1. The predicted octanol–water partition coefficient (Wildman–Crippen LogP) is 8.46. The van der Waals surface area contributed by atoms with Crippen molar-refractivity contribution in [2.24, 2.45) is 0 Å². The molecule has 0 atom stereocenters. The van der Waals surface area contributed by atoms with Gasteiger partial charge in [0.25, 0.3) is 0 Å². The normalized spacial score (nSPS) is 11.0. The molecule has 0 spiro atoms. The molecule has 166 valence electrons. The summed E-state index contributed by atoms with van der Waals surface area (Å²) in [6, 6.07) is 41.3. The largest absolute Gasteiger partial charge is 0.208 e. The van der Waals surface area contributed by atoms with Gasteiger partial charge in [-0.25, -0.2) is 15.0 Å². The summed E-state index contributed by atoms with van der Waals surface area (Å²) in [5.74, 6) is 1.98. The predicted molar refractivity (Wildman–Crippen MR) is 147 cm³/mol. The minimum absolute atomic E-state index is 0.652. The molecule has 5 aromatic carbocycles. The van der Waals surface area contributed by atoms with Crippen LogP contribution in [-0.2, 0) is 0 Å². The Hall–Kier alpha value is -4.15. The number of aromatic nitrogens is 3. The van der Waals surface area contributed by atoms with E-state index in [1.165, 1.54) is 0 Å². The first kappa shape index (κ1) is 21.4. The highest BCUT2D eigenvalue weighted by molar-refractivity contribution is 9.10. The van der Waals surface area contributed by atoms with Gasteiger partial charge in [-0.3, -0.25) is 0 Å². The molecule has 0 aliphatic rings. The summed E-state index contributed by atoms with van der Waals surface area (Å²) in [4.78, 5) is 14.8. The minimum Gasteiger partial charge on any atom is -0.208 e. The van der Waals surface area contributed by atoms with Crippen LogP contribution in [0.5, 0.6) is 0 Å². The molecule has 6 aromatic rings. The van der Waals surface area contributed by atoms with Crippen LogP contribution in [0.3, 0.4) is 0 Å². The molecular formula is C31H20BrN3. The Morgan fingerprint density at radius 1 is 0.429 bits per heavy atom. The fourth-order valence-corrected chi connectivity index (χ4v) is 4.67. The van der Waals surface area contributed by atoms with Gasteiger partial charge in [0.1, 0.15) is 0 Å². The van der Waals surface area contributed by atoms with Gasteiger partial charge in [-0.2, -0.15) is 0 Å². The van der Waals surface area contributed by atoms with Crippen molar-refractivity contribution in [1.82, 2.24) is 15.0 Å². The maximum Gasteiger partial charge on any atom is 0.164 e. The van der Waals surface area contributed by atoms with Gasteiger partial charge in [-0.05, 0) is 40.1 Å². The summed E-state index contributed by atoms with van der Waals surface area (Å²) in [7, 11) is 0. The molecule has 3 nitrogen and oxygen atoms in total. The fourth-order valence-electron chi connectivity index (χ4n) is 4.27. The first-order chi connectivity index (χ1) is 17.2. The van der Waals surface area contributed by atoms with Gasteiger partial charge < -0.3 is 0 Å². The van der Waals surface area contributed by atoms with Gasteiger partial charge in [0.05, 0.1) is 0 Å². The standard InChI is InChI=1S/C31H20BrN3/c32-26-16-7-14-24(20-26)23-13-6-15-25(19-23)30-33-29(22-10-2-1-3-11-22)34-31(35-30)28-18-8-12-21-9-4-5-17-27(21)28/h1-20H. The maximum atomic E-state index is 4.97. The van der Waals surface area contributed by atoms with Crippen molar-refractivity contribution in [2.45, 2.75) is 0 Å². The van der Waals surface area contributed by atoms with E-state index in [2.05, 4.69) is 82.7 Å². The molecule has 0 bridgehead atoms. The zero-order valence-electron chi connectivity index (χ0n) is 18.8. The highest BCUT2D eigenvalue weighted by atomic mass is 79.9. The van der Waals surface area contributed by atoms with Crippen LogP contribution in [0.25, 0.3) is 56.1 Å². The molecule has 0 saturated heterocycles. The molecule has 0 N–H and O–H groups in total.